The molecule has 0 saturated heterocycles. The van der Waals surface area contributed by atoms with Gasteiger partial charge in [-0.1, -0.05) is 48.2 Å². The molecule has 0 atom stereocenters. The van der Waals surface area contributed by atoms with Crippen LogP contribution < -0.4 is 10.1 Å². The minimum atomic E-state index is -0.0810. The molecule has 0 aliphatic carbocycles. The monoisotopic (exact) mass is 458 g/mol. The van der Waals surface area contributed by atoms with Crippen molar-refractivity contribution in [2.24, 2.45) is 0 Å². The van der Waals surface area contributed by atoms with Gasteiger partial charge >= 0.3 is 0 Å². The van der Waals surface area contributed by atoms with Crippen molar-refractivity contribution in [2.45, 2.75) is 25.4 Å². The first-order chi connectivity index (χ1) is 16.0. The normalized spacial score (nSPS) is 10.8. The highest BCUT2D eigenvalue weighted by Crippen LogP contribution is 2.24. The summed E-state index contributed by atoms with van der Waals surface area (Å²) in [4.78, 5) is 12.6. The van der Waals surface area contributed by atoms with Gasteiger partial charge in [0.15, 0.2) is 5.16 Å². The molecule has 0 radical (unpaired) electrons. The van der Waals surface area contributed by atoms with Crippen molar-refractivity contribution in [2.75, 3.05) is 18.2 Å². The molecule has 33 heavy (non-hydrogen) atoms. The number of para-hydroxylation sites is 1. The quantitative estimate of drug-likeness (QED) is 0.367. The summed E-state index contributed by atoms with van der Waals surface area (Å²) >= 11 is 1.37. The maximum atomic E-state index is 12.6. The zero-order valence-electron chi connectivity index (χ0n) is 18.9. The van der Waals surface area contributed by atoms with Gasteiger partial charge < -0.3 is 10.1 Å². The minimum Gasteiger partial charge on any atom is -0.497 e. The Hall–Kier alpha value is -3.58. The van der Waals surface area contributed by atoms with Crippen LogP contribution in [0.2, 0.25) is 0 Å². The maximum Gasteiger partial charge on any atom is 0.234 e. The lowest BCUT2D eigenvalue weighted by atomic mass is 10.1. The fourth-order valence-corrected chi connectivity index (χ4v) is 4.19. The van der Waals surface area contributed by atoms with Crippen LogP contribution in [0.5, 0.6) is 5.75 Å². The SMILES string of the molecule is COc1ccc(Cc2nnc(SCC(=O)Nc3ccc(C)c(C)c3)n2-c2ccccc2)cc1. The molecule has 0 fully saturated rings. The molecule has 1 aromatic heterocycles. The Morgan fingerprint density at radius 2 is 1.73 bits per heavy atom. The van der Waals surface area contributed by atoms with Crippen LogP contribution in [-0.4, -0.2) is 33.5 Å². The number of thioether (sulfide) groups is 1. The average Bonchev–Trinajstić information content (AvgIpc) is 3.23. The summed E-state index contributed by atoms with van der Waals surface area (Å²) in [7, 11) is 1.65. The number of nitrogens with one attached hydrogen (secondary N) is 1. The molecule has 0 spiro atoms. The number of ether oxygens (including phenoxy) is 1. The summed E-state index contributed by atoms with van der Waals surface area (Å²) in [5.74, 6) is 1.78. The number of hydrogen-bond donors (Lipinski definition) is 1. The van der Waals surface area contributed by atoms with Gasteiger partial charge in [0, 0.05) is 17.8 Å². The molecule has 0 aliphatic heterocycles. The van der Waals surface area contributed by atoms with Crippen LogP contribution >= 0.6 is 11.8 Å². The van der Waals surface area contributed by atoms with Crippen molar-refractivity contribution in [1.29, 1.82) is 0 Å². The van der Waals surface area contributed by atoms with Crippen molar-refractivity contribution >= 4 is 23.4 Å². The molecule has 7 heteroatoms. The van der Waals surface area contributed by atoms with Gasteiger partial charge in [-0.2, -0.15) is 0 Å². The van der Waals surface area contributed by atoms with Gasteiger partial charge in [0.25, 0.3) is 0 Å². The first-order valence-electron chi connectivity index (χ1n) is 10.7. The molecule has 0 aliphatic rings. The Morgan fingerprint density at radius 1 is 0.970 bits per heavy atom. The van der Waals surface area contributed by atoms with Gasteiger partial charge in [-0.05, 0) is 66.9 Å². The van der Waals surface area contributed by atoms with E-state index in [1.165, 1.54) is 17.3 Å². The lowest BCUT2D eigenvalue weighted by Crippen LogP contribution is -2.15. The van der Waals surface area contributed by atoms with E-state index in [-0.39, 0.29) is 11.7 Å². The molecule has 0 saturated carbocycles. The smallest absolute Gasteiger partial charge is 0.234 e. The zero-order valence-corrected chi connectivity index (χ0v) is 19.7. The molecule has 0 unspecified atom stereocenters. The fraction of sp³-hybridized carbons (Fsp3) is 0.192. The number of carbonyl (C=O) groups is 1. The second-order valence-corrected chi connectivity index (χ2v) is 8.67. The minimum absolute atomic E-state index is 0.0810. The van der Waals surface area contributed by atoms with E-state index in [9.17, 15) is 4.79 Å². The first-order valence-corrected chi connectivity index (χ1v) is 11.6. The van der Waals surface area contributed by atoms with E-state index in [1.54, 1.807) is 7.11 Å². The van der Waals surface area contributed by atoms with Crippen LogP contribution in [0.1, 0.15) is 22.5 Å². The van der Waals surface area contributed by atoms with Gasteiger partial charge in [-0.15, -0.1) is 10.2 Å². The number of benzene rings is 3. The van der Waals surface area contributed by atoms with Crippen molar-refractivity contribution in [3.63, 3.8) is 0 Å². The highest BCUT2D eigenvalue weighted by Gasteiger charge is 2.16. The van der Waals surface area contributed by atoms with Crippen molar-refractivity contribution in [1.82, 2.24) is 14.8 Å². The number of amides is 1. The number of methoxy groups -OCH3 is 1. The number of hydrogen-bond acceptors (Lipinski definition) is 5. The molecule has 3 aromatic carbocycles. The number of carbonyl (C=O) groups excluding carboxylic acids is 1. The molecule has 1 N–H and O–H groups in total. The van der Waals surface area contributed by atoms with E-state index < -0.39 is 0 Å². The van der Waals surface area contributed by atoms with E-state index in [0.717, 1.165) is 34.1 Å². The summed E-state index contributed by atoms with van der Waals surface area (Å²) in [5, 5.41) is 12.5. The average molecular weight is 459 g/mol. The van der Waals surface area contributed by atoms with Gasteiger partial charge in [0.1, 0.15) is 11.6 Å². The first kappa shape index (κ1) is 22.6. The molecule has 4 aromatic rings. The van der Waals surface area contributed by atoms with Crippen molar-refractivity contribution < 1.29 is 9.53 Å². The molecule has 1 amide bonds. The van der Waals surface area contributed by atoms with Crippen molar-refractivity contribution in [3.05, 3.63) is 95.3 Å². The van der Waals surface area contributed by atoms with E-state index in [2.05, 4.69) is 22.4 Å². The Bertz CT molecular complexity index is 1240. The number of nitrogens with zero attached hydrogens (tertiary/aromatic N) is 3. The fourth-order valence-electron chi connectivity index (χ4n) is 3.42. The maximum absolute atomic E-state index is 12.6. The lowest BCUT2D eigenvalue weighted by Gasteiger charge is -2.11. The van der Waals surface area contributed by atoms with Crippen LogP contribution in [0.25, 0.3) is 5.69 Å². The van der Waals surface area contributed by atoms with Gasteiger partial charge in [-0.3, -0.25) is 9.36 Å². The predicted molar refractivity (Wildman–Crippen MR) is 132 cm³/mol. The Balaban J connectivity index is 1.52. The largest absolute Gasteiger partial charge is 0.497 e. The molecule has 1 heterocycles. The predicted octanol–water partition coefficient (Wildman–Crippen LogP) is 5.21. The van der Waals surface area contributed by atoms with E-state index in [0.29, 0.717) is 11.6 Å². The molecule has 4 rings (SSSR count). The molecule has 6 nitrogen and oxygen atoms in total. The van der Waals surface area contributed by atoms with Crippen LogP contribution in [0.15, 0.2) is 78.0 Å². The lowest BCUT2D eigenvalue weighted by molar-refractivity contribution is -0.113. The van der Waals surface area contributed by atoms with Gasteiger partial charge in [-0.25, -0.2) is 0 Å². The third-order valence-electron chi connectivity index (χ3n) is 5.36. The second-order valence-electron chi connectivity index (χ2n) is 7.73. The van der Waals surface area contributed by atoms with Gasteiger partial charge in [0.05, 0.1) is 12.9 Å². The molecular weight excluding hydrogens is 432 g/mol. The standard InChI is InChI=1S/C26H26N4O2S/c1-18-9-12-21(15-19(18)2)27-25(31)17-33-26-29-28-24(30(26)22-7-5-4-6-8-22)16-20-10-13-23(32-3)14-11-20/h4-15H,16-17H2,1-3H3,(H,27,31). The van der Waals surface area contributed by atoms with E-state index >= 15 is 0 Å². The Morgan fingerprint density at radius 3 is 2.42 bits per heavy atom. The highest BCUT2D eigenvalue weighted by molar-refractivity contribution is 7.99. The van der Waals surface area contributed by atoms with Crippen LogP contribution in [0, 0.1) is 13.8 Å². The summed E-state index contributed by atoms with van der Waals surface area (Å²) in [5.41, 5.74) is 5.20. The van der Waals surface area contributed by atoms with E-state index in [4.69, 9.17) is 4.74 Å². The summed E-state index contributed by atoms with van der Waals surface area (Å²) in [6.45, 7) is 4.09. The Labute approximate surface area is 198 Å². The number of aryl methyl sites for hydroxylation is 2. The van der Waals surface area contributed by atoms with Crippen molar-refractivity contribution in [3.8, 4) is 11.4 Å². The zero-order chi connectivity index (χ0) is 23.2. The Kier molecular flexibility index (Phi) is 7.10. The summed E-state index contributed by atoms with van der Waals surface area (Å²) < 4.78 is 7.26. The van der Waals surface area contributed by atoms with Crippen LogP contribution in [0.3, 0.4) is 0 Å². The molecular formula is C26H26N4O2S. The summed E-state index contributed by atoms with van der Waals surface area (Å²) in [6.07, 6.45) is 0.612. The number of anilines is 1. The summed E-state index contributed by atoms with van der Waals surface area (Å²) in [6, 6.07) is 23.8. The highest BCUT2D eigenvalue weighted by atomic mass is 32.2. The third-order valence-corrected chi connectivity index (χ3v) is 6.29. The van der Waals surface area contributed by atoms with E-state index in [1.807, 2.05) is 84.3 Å². The number of aromatic nitrogens is 3. The molecule has 0 bridgehead atoms. The third kappa shape index (κ3) is 5.62. The van der Waals surface area contributed by atoms with Crippen LogP contribution in [-0.2, 0) is 11.2 Å². The number of rotatable bonds is 8. The van der Waals surface area contributed by atoms with Gasteiger partial charge in [0.2, 0.25) is 5.91 Å². The molecule has 168 valence electrons. The van der Waals surface area contributed by atoms with Crippen LogP contribution in [0.4, 0.5) is 5.69 Å². The topological polar surface area (TPSA) is 69.0 Å². The second kappa shape index (κ2) is 10.4.